The summed E-state index contributed by atoms with van der Waals surface area (Å²) < 4.78 is 4.88. The summed E-state index contributed by atoms with van der Waals surface area (Å²) in [7, 11) is 0. The van der Waals surface area contributed by atoms with E-state index in [1.165, 1.54) is 141 Å². The van der Waals surface area contributed by atoms with E-state index in [0.717, 1.165) is 19.3 Å². The highest BCUT2D eigenvalue weighted by Gasteiger charge is 2.07. The fourth-order valence-corrected chi connectivity index (χ4v) is 4.55. The first kappa shape index (κ1) is 39.5. The van der Waals surface area contributed by atoms with Gasteiger partial charge < -0.3 is 20.1 Å². The van der Waals surface area contributed by atoms with Crippen molar-refractivity contribution in [2.75, 3.05) is 19.8 Å². The largest absolute Gasteiger partial charge is 0.463 e. The SMILES string of the molecule is CCCCCCCCCCCCCCCCCCCCCC(=O)OCC(O)CO.CCCCCCCCO. The highest BCUT2D eigenvalue weighted by Crippen LogP contribution is 2.15. The highest BCUT2D eigenvalue weighted by atomic mass is 16.5. The number of aliphatic hydroxyl groups is 3. The smallest absolute Gasteiger partial charge is 0.305 e. The zero-order chi connectivity index (χ0) is 28.4. The molecule has 1 unspecified atom stereocenters. The lowest BCUT2D eigenvalue weighted by Gasteiger charge is -2.08. The molecule has 5 heteroatoms. The molecule has 5 nitrogen and oxygen atoms in total. The minimum atomic E-state index is -0.955. The normalized spacial score (nSPS) is 11.7. The minimum Gasteiger partial charge on any atom is -0.463 e. The molecule has 0 aromatic carbocycles. The summed E-state index contributed by atoms with van der Waals surface area (Å²) in [5, 5.41) is 26.2. The Labute approximate surface area is 237 Å². The number of carbonyl (C=O) groups is 1. The van der Waals surface area contributed by atoms with Gasteiger partial charge in [-0.15, -0.1) is 0 Å². The van der Waals surface area contributed by atoms with E-state index in [-0.39, 0.29) is 19.2 Å². The van der Waals surface area contributed by atoms with Gasteiger partial charge in [0.25, 0.3) is 0 Å². The lowest BCUT2D eigenvalue weighted by atomic mass is 10.0. The molecule has 0 bridgehead atoms. The summed E-state index contributed by atoms with van der Waals surface area (Å²) in [6, 6.07) is 0. The maximum Gasteiger partial charge on any atom is 0.305 e. The maximum atomic E-state index is 11.4. The molecule has 3 N–H and O–H groups in total. The number of ether oxygens (including phenoxy) is 1. The molecule has 0 aliphatic carbocycles. The van der Waals surface area contributed by atoms with Gasteiger partial charge in [-0.25, -0.2) is 0 Å². The molecular formula is C33H68O5. The predicted molar refractivity (Wildman–Crippen MR) is 163 cm³/mol. The van der Waals surface area contributed by atoms with Crippen LogP contribution in [0, 0.1) is 0 Å². The number of rotatable bonds is 29. The van der Waals surface area contributed by atoms with Crippen molar-refractivity contribution >= 4 is 5.97 Å². The van der Waals surface area contributed by atoms with Crippen LogP contribution >= 0.6 is 0 Å². The second-order valence-electron chi connectivity index (χ2n) is 11.1. The topological polar surface area (TPSA) is 87.0 Å². The van der Waals surface area contributed by atoms with Crippen LogP contribution in [0.3, 0.4) is 0 Å². The summed E-state index contributed by atoms with van der Waals surface area (Å²) in [6.45, 7) is 4.39. The van der Waals surface area contributed by atoms with E-state index in [2.05, 4.69) is 13.8 Å². The van der Waals surface area contributed by atoms with Gasteiger partial charge in [0.05, 0.1) is 6.61 Å². The molecule has 1 atom stereocenters. The minimum absolute atomic E-state index is 0.103. The van der Waals surface area contributed by atoms with Crippen molar-refractivity contribution in [1.29, 1.82) is 0 Å². The van der Waals surface area contributed by atoms with Crippen LogP contribution in [-0.2, 0) is 9.53 Å². The lowest BCUT2D eigenvalue weighted by Crippen LogP contribution is -2.21. The van der Waals surface area contributed by atoms with E-state index >= 15 is 0 Å². The highest BCUT2D eigenvalue weighted by molar-refractivity contribution is 5.69. The Morgan fingerprint density at radius 2 is 0.842 bits per heavy atom. The number of hydrogen-bond donors (Lipinski definition) is 3. The molecule has 230 valence electrons. The summed E-state index contributed by atoms with van der Waals surface area (Å²) in [5.74, 6) is -0.274. The first-order chi connectivity index (χ1) is 18.6. The average molecular weight is 545 g/mol. The van der Waals surface area contributed by atoms with Gasteiger partial charge >= 0.3 is 5.97 Å². The Morgan fingerprint density at radius 3 is 1.16 bits per heavy atom. The molecule has 0 spiro atoms. The quantitative estimate of drug-likeness (QED) is 0.0646. The van der Waals surface area contributed by atoms with Crippen molar-refractivity contribution < 1.29 is 24.9 Å². The molecule has 0 rings (SSSR count). The van der Waals surface area contributed by atoms with Crippen LogP contribution in [0.25, 0.3) is 0 Å². The van der Waals surface area contributed by atoms with Crippen LogP contribution in [0.5, 0.6) is 0 Å². The van der Waals surface area contributed by atoms with Crippen molar-refractivity contribution in [1.82, 2.24) is 0 Å². The molecule has 0 radical (unpaired) electrons. The summed E-state index contributed by atoms with van der Waals surface area (Å²) in [5.41, 5.74) is 0. The van der Waals surface area contributed by atoms with E-state index in [1.807, 2.05) is 0 Å². The van der Waals surface area contributed by atoms with Crippen LogP contribution < -0.4 is 0 Å². The third-order valence-corrected chi connectivity index (χ3v) is 7.14. The summed E-state index contributed by atoms with van der Waals surface area (Å²) >= 11 is 0. The molecule has 0 saturated heterocycles. The summed E-state index contributed by atoms with van der Waals surface area (Å²) in [6.07, 6.45) is 32.4. The van der Waals surface area contributed by atoms with Gasteiger partial charge in [-0.2, -0.15) is 0 Å². The van der Waals surface area contributed by atoms with Crippen molar-refractivity contribution in [2.24, 2.45) is 0 Å². The average Bonchev–Trinajstić information content (AvgIpc) is 2.93. The molecule has 0 aromatic heterocycles. The van der Waals surface area contributed by atoms with Crippen molar-refractivity contribution in [3.05, 3.63) is 0 Å². The zero-order valence-corrected chi connectivity index (χ0v) is 25.7. The van der Waals surface area contributed by atoms with Gasteiger partial charge in [-0.1, -0.05) is 162 Å². The lowest BCUT2D eigenvalue weighted by molar-refractivity contribution is -0.147. The second-order valence-corrected chi connectivity index (χ2v) is 11.1. The monoisotopic (exact) mass is 545 g/mol. The summed E-state index contributed by atoms with van der Waals surface area (Å²) in [4.78, 5) is 11.4. The van der Waals surface area contributed by atoms with Crippen LogP contribution in [0.2, 0.25) is 0 Å². The molecule has 0 aromatic rings. The number of carbonyl (C=O) groups excluding carboxylic acids is 1. The van der Waals surface area contributed by atoms with Gasteiger partial charge in [0, 0.05) is 13.0 Å². The standard InChI is InChI=1S/C25H50O4.C8H18O/c1-2-3-4-5-6-7-8-9-10-11-12-13-14-15-16-17-18-19-20-21-25(28)29-23-24(27)22-26;1-2-3-4-5-6-7-8-9/h24,26-27H,2-23H2,1H3;9H,2-8H2,1H3. The number of unbranched alkanes of at least 4 members (excludes halogenated alkanes) is 23. The second kappa shape index (κ2) is 36.4. The molecule has 38 heavy (non-hydrogen) atoms. The van der Waals surface area contributed by atoms with Crippen LogP contribution in [0.4, 0.5) is 0 Å². The molecule has 0 aliphatic rings. The predicted octanol–water partition coefficient (Wildman–Crippen LogP) is 9.04. The molecule has 0 saturated carbocycles. The number of hydrogen-bond acceptors (Lipinski definition) is 5. The van der Waals surface area contributed by atoms with Crippen molar-refractivity contribution in [2.45, 2.75) is 187 Å². The third-order valence-electron chi connectivity index (χ3n) is 7.14. The van der Waals surface area contributed by atoms with E-state index in [9.17, 15) is 4.79 Å². The van der Waals surface area contributed by atoms with Gasteiger partial charge in [0.15, 0.2) is 0 Å². The van der Waals surface area contributed by atoms with Crippen molar-refractivity contribution in [3.63, 3.8) is 0 Å². The third kappa shape index (κ3) is 37.5. The van der Waals surface area contributed by atoms with Gasteiger partial charge in [0.2, 0.25) is 0 Å². The fraction of sp³-hybridized carbons (Fsp3) is 0.970. The molecule has 0 fully saturated rings. The fourth-order valence-electron chi connectivity index (χ4n) is 4.55. The van der Waals surface area contributed by atoms with Crippen LogP contribution in [0.1, 0.15) is 181 Å². The Hall–Kier alpha value is -0.650. The van der Waals surface area contributed by atoms with Crippen LogP contribution in [-0.4, -0.2) is 47.2 Å². The number of esters is 1. The van der Waals surface area contributed by atoms with E-state index in [0.29, 0.717) is 13.0 Å². The van der Waals surface area contributed by atoms with E-state index < -0.39 is 6.10 Å². The van der Waals surface area contributed by atoms with E-state index in [1.54, 1.807) is 0 Å². The van der Waals surface area contributed by atoms with Gasteiger partial charge in [-0.05, 0) is 12.8 Å². The van der Waals surface area contributed by atoms with Crippen molar-refractivity contribution in [3.8, 4) is 0 Å². The van der Waals surface area contributed by atoms with Crippen LogP contribution in [0.15, 0.2) is 0 Å². The van der Waals surface area contributed by atoms with Gasteiger partial charge in [0.1, 0.15) is 12.7 Å². The Balaban J connectivity index is 0. The Morgan fingerprint density at radius 1 is 0.526 bits per heavy atom. The Kier molecular flexibility index (Phi) is 37.8. The molecule has 0 amide bonds. The van der Waals surface area contributed by atoms with Gasteiger partial charge in [-0.3, -0.25) is 4.79 Å². The molecule has 0 aliphatic heterocycles. The molecule has 0 heterocycles. The molecular weight excluding hydrogens is 476 g/mol. The van der Waals surface area contributed by atoms with E-state index in [4.69, 9.17) is 20.1 Å². The Bertz CT molecular complexity index is 424. The zero-order valence-electron chi connectivity index (χ0n) is 25.7. The first-order valence-electron chi connectivity index (χ1n) is 16.7. The first-order valence-corrected chi connectivity index (χ1v) is 16.7. The maximum absolute atomic E-state index is 11.4. The number of aliphatic hydroxyl groups excluding tert-OH is 3.